The Bertz CT molecular complexity index is 294. The summed E-state index contributed by atoms with van der Waals surface area (Å²) in [7, 11) is 0. The van der Waals surface area contributed by atoms with E-state index in [4.69, 9.17) is 0 Å². The van der Waals surface area contributed by atoms with Crippen LogP contribution in [0.1, 0.15) is 33.6 Å². The molecular formula is C12H21BrN2O2. The first-order valence-corrected chi connectivity index (χ1v) is 7.05. The number of hydrogen-bond acceptors (Lipinski definition) is 2. The number of carbonyl (C=O) groups is 2. The van der Waals surface area contributed by atoms with Gasteiger partial charge in [0.2, 0.25) is 11.8 Å². The quantitative estimate of drug-likeness (QED) is 0.783. The average molecular weight is 305 g/mol. The van der Waals surface area contributed by atoms with Crippen molar-refractivity contribution in [3.8, 4) is 0 Å². The monoisotopic (exact) mass is 304 g/mol. The number of halogens is 1. The molecule has 0 bridgehead atoms. The van der Waals surface area contributed by atoms with E-state index < -0.39 is 0 Å². The second-order valence-corrected chi connectivity index (χ2v) is 5.99. The van der Waals surface area contributed by atoms with Gasteiger partial charge < -0.3 is 10.2 Å². The van der Waals surface area contributed by atoms with Crippen LogP contribution in [-0.4, -0.2) is 40.7 Å². The summed E-state index contributed by atoms with van der Waals surface area (Å²) in [5.74, 6) is 0.458. The minimum absolute atomic E-state index is 0.000791. The van der Waals surface area contributed by atoms with Gasteiger partial charge in [0.05, 0.1) is 4.83 Å². The number of carbonyl (C=O) groups excluding carboxylic acids is 2. The molecule has 0 aromatic heterocycles. The number of rotatable bonds is 5. The first-order valence-electron chi connectivity index (χ1n) is 6.14. The SMILES string of the molecule is CC(CN1CCCC1=O)NC(=O)C(Br)C(C)C. The lowest BCUT2D eigenvalue weighted by Gasteiger charge is -2.23. The largest absolute Gasteiger partial charge is 0.351 e. The van der Waals surface area contributed by atoms with Crippen LogP contribution in [0.5, 0.6) is 0 Å². The number of nitrogens with one attached hydrogen (secondary N) is 1. The molecule has 4 nitrogen and oxygen atoms in total. The van der Waals surface area contributed by atoms with Crippen molar-refractivity contribution in [1.29, 1.82) is 0 Å². The van der Waals surface area contributed by atoms with Gasteiger partial charge in [0.15, 0.2) is 0 Å². The molecule has 1 aliphatic heterocycles. The van der Waals surface area contributed by atoms with E-state index in [2.05, 4.69) is 21.2 Å². The Morgan fingerprint density at radius 1 is 1.47 bits per heavy atom. The van der Waals surface area contributed by atoms with Crippen molar-refractivity contribution in [2.45, 2.75) is 44.5 Å². The van der Waals surface area contributed by atoms with Gasteiger partial charge in [0.1, 0.15) is 0 Å². The summed E-state index contributed by atoms with van der Waals surface area (Å²) in [6, 6.07) is 0.00310. The molecule has 1 aliphatic rings. The van der Waals surface area contributed by atoms with Crippen molar-refractivity contribution < 1.29 is 9.59 Å². The molecule has 0 aromatic carbocycles. The summed E-state index contributed by atoms with van der Waals surface area (Å²) >= 11 is 3.37. The van der Waals surface area contributed by atoms with Gasteiger partial charge in [-0.3, -0.25) is 9.59 Å². The maximum Gasteiger partial charge on any atom is 0.234 e. The van der Waals surface area contributed by atoms with Gasteiger partial charge in [-0.2, -0.15) is 0 Å². The Morgan fingerprint density at radius 2 is 2.12 bits per heavy atom. The highest BCUT2D eigenvalue weighted by molar-refractivity contribution is 9.10. The summed E-state index contributed by atoms with van der Waals surface area (Å²) in [6.45, 7) is 7.36. The normalized spacial score (nSPS) is 19.6. The zero-order valence-corrected chi connectivity index (χ0v) is 12.3. The van der Waals surface area contributed by atoms with Crippen LogP contribution in [0.4, 0.5) is 0 Å². The van der Waals surface area contributed by atoms with Crippen molar-refractivity contribution in [1.82, 2.24) is 10.2 Å². The molecule has 1 heterocycles. The van der Waals surface area contributed by atoms with Gasteiger partial charge in [-0.05, 0) is 19.3 Å². The molecule has 98 valence electrons. The first kappa shape index (κ1) is 14.5. The van der Waals surface area contributed by atoms with Gasteiger partial charge in [-0.15, -0.1) is 0 Å². The Kier molecular flexibility index (Phi) is 5.43. The summed E-state index contributed by atoms with van der Waals surface area (Å²) < 4.78 is 0. The molecular weight excluding hydrogens is 284 g/mol. The third-order valence-corrected chi connectivity index (χ3v) is 4.36. The van der Waals surface area contributed by atoms with Crippen molar-refractivity contribution >= 4 is 27.7 Å². The highest BCUT2D eigenvalue weighted by atomic mass is 79.9. The molecule has 1 fully saturated rings. The number of likely N-dealkylation sites (tertiary alicyclic amines) is 1. The second-order valence-electron chi connectivity index (χ2n) is 5.00. The minimum Gasteiger partial charge on any atom is -0.351 e. The predicted octanol–water partition coefficient (Wildman–Crippen LogP) is 1.53. The highest BCUT2D eigenvalue weighted by Crippen LogP contribution is 2.13. The van der Waals surface area contributed by atoms with E-state index in [9.17, 15) is 9.59 Å². The van der Waals surface area contributed by atoms with Crippen LogP contribution in [-0.2, 0) is 9.59 Å². The van der Waals surface area contributed by atoms with Crippen LogP contribution in [0.25, 0.3) is 0 Å². The predicted molar refractivity (Wildman–Crippen MR) is 71.0 cm³/mol. The first-order chi connectivity index (χ1) is 7.91. The maximum atomic E-state index is 11.8. The fourth-order valence-electron chi connectivity index (χ4n) is 1.90. The number of hydrogen-bond donors (Lipinski definition) is 1. The van der Waals surface area contributed by atoms with Gasteiger partial charge in [0, 0.05) is 25.6 Å². The van der Waals surface area contributed by atoms with Gasteiger partial charge in [-0.1, -0.05) is 29.8 Å². The topological polar surface area (TPSA) is 49.4 Å². The van der Waals surface area contributed by atoms with E-state index in [1.54, 1.807) is 0 Å². The van der Waals surface area contributed by atoms with E-state index >= 15 is 0 Å². The van der Waals surface area contributed by atoms with E-state index in [-0.39, 0.29) is 28.6 Å². The van der Waals surface area contributed by atoms with Crippen LogP contribution in [0.2, 0.25) is 0 Å². The lowest BCUT2D eigenvalue weighted by Crippen LogP contribution is -2.45. The molecule has 2 atom stereocenters. The van der Waals surface area contributed by atoms with Gasteiger partial charge in [-0.25, -0.2) is 0 Å². The van der Waals surface area contributed by atoms with Gasteiger partial charge >= 0.3 is 0 Å². The van der Waals surface area contributed by atoms with E-state index in [1.165, 1.54) is 0 Å². The van der Waals surface area contributed by atoms with Crippen LogP contribution in [0, 0.1) is 5.92 Å². The molecule has 1 saturated heterocycles. The minimum atomic E-state index is -0.167. The second kappa shape index (κ2) is 6.38. The van der Waals surface area contributed by atoms with E-state index in [1.807, 2.05) is 25.7 Å². The van der Waals surface area contributed by atoms with Crippen LogP contribution >= 0.6 is 15.9 Å². The molecule has 2 amide bonds. The maximum absolute atomic E-state index is 11.8. The molecule has 0 radical (unpaired) electrons. The Morgan fingerprint density at radius 3 is 2.59 bits per heavy atom. The number of amides is 2. The summed E-state index contributed by atoms with van der Waals surface area (Å²) in [5.41, 5.74) is 0. The summed E-state index contributed by atoms with van der Waals surface area (Å²) in [5, 5.41) is 2.93. The van der Waals surface area contributed by atoms with Gasteiger partial charge in [0.25, 0.3) is 0 Å². The Labute approximate surface area is 111 Å². The van der Waals surface area contributed by atoms with Crippen LogP contribution in [0.3, 0.4) is 0 Å². The summed E-state index contributed by atoms with van der Waals surface area (Å²) in [6.07, 6.45) is 1.58. The number of nitrogens with zero attached hydrogens (tertiary/aromatic N) is 1. The highest BCUT2D eigenvalue weighted by Gasteiger charge is 2.24. The molecule has 0 aliphatic carbocycles. The molecule has 5 heteroatoms. The summed E-state index contributed by atoms with van der Waals surface area (Å²) in [4.78, 5) is 24.9. The molecule has 1 N–H and O–H groups in total. The fourth-order valence-corrected chi connectivity index (χ4v) is 2.03. The lowest BCUT2D eigenvalue weighted by molar-refractivity contribution is -0.129. The van der Waals surface area contributed by atoms with E-state index in [0.29, 0.717) is 13.0 Å². The molecule has 1 rings (SSSR count). The molecule has 0 spiro atoms. The molecule has 0 aromatic rings. The molecule has 0 saturated carbocycles. The smallest absolute Gasteiger partial charge is 0.234 e. The third-order valence-electron chi connectivity index (χ3n) is 2.89. The molecule has 17 heavy (non-hydrogen) atoms. The molecule has 2 unspecified atom stereocenters. The average Bonchev–Trinajstić information content (AvgIpc) is 2.62. The van der Waals surface area contributed by atoms with Crippen molar-refractivity contribution in [3.05, 3.63) is 0 Å². The zero-order chi connectivity index (χ0) is 13.0. The van der Waals surface area contributed by atoms with E-state index in [0.717, 1.165) is 13.0 Å². The van der Waals surface area contributed by atoms with Crippen LogP contribution in [0.15, 0.2) is 0 Å². The standard InChI is InChI=1S/C12H21BrN2O2/c1-8(2)11(13)12(17)14-9(3)7-15-6-4-5-10(15)16/h8-9,11H,4-7H2,1-3H3,(H,14,17). The number of alkyl halides is 1. The van der Waals surface area contributed by atoms with Crippen LogP contribution < -0.4 is 5.32 Å². The Balaban J connectivity index is 2.36. The third kappa shape index (κ3) is 4.30. The Hall–Kier alpha value is -0.580. The van der Waals surface area contributed by atoms with Crippen molar-refractivity contribution in [2.24, 2.45) is 5.92 Å². The fraction of sp³-hybridized carbons (Fsp3) is 0.833. The zero-order valence-electron chi connectivity index (χ0n) is 10.7. The van der Waals surface area contributed by atoms with Crippen molar-refractivity contribution in [3.63, 3.8) is 0 Å². The lowest BCUT2D eigenvalue weighted by atomic mass is 10.1. The van der Waals surface area contributed by atoms with Crippen molar-refractivity contribution in [2.75, 3.05) is 13.1 Å².